The maximum Gasteiger partial charge on any atom is 0.241 e. The second-order valence-corrected chi connectivity index (χ2v) is 6.51. The molecule has 1 amide bonds. The molecule has 1 aliphatic rings. The molecule has 1 saturated heterocycles. The topological polar surface area (TPSA) is 32.3 Å². The number of benzene rings is 1. The van der Waals surface area contributed by atoms with Crippen molar-refractivity contribution in [3.05, 3.63) is 47.3 Å². The SMILES string of the molecule is CCCN1C(=O)C(C)NC1c1ccc(-c2ccccc2)s1. The van der Waals surface area contributed by atoms with Gasteiger partial charge in [-0.1, -0.05) is 37.3 Å². The van der Waals surface area contributed by atoms with Crippen LogP contribution in [0, 0.1) is 0 Å². The number of nitrogens with zero attached hydrogens (tertiary/aromatic N) is 1. The van der Waals surface area contributed by atoms with Crippen LogP contribution in [0.15, 0.2) is 42.5 Å². The molecule has 3 nitrogen and oxygen atoms in total. The van der Waals surface area contributed by atoms with Gasteiger partial charge in [0.25, 0.3) is 0 Å². The zero-order valence-corrected chi connectivity index (χ0v) is 13.2. The van der Waals surface area contributed by atoms with Gasteiger partial charge < -0.3 is 4.90 Å². The number of nitrogens with one attached hydrogen (secondary N) is 1. The van der Waals surface area contributed by atoms with Crippen molar-refractivity contribution in [2.24, 2.45) is 0 Å². The van der Waals surface area contributed by atoms with Crippen molar-refractivity contribution in [1.82, 2.24) is 10.2 Å². The molecule has 0 spiro atoms. The Balaban J connectivity index is 1.87. The highest BCUT2D eigenvalue weighted by atomic mass is 32.1. The molecule has 1 fully saturated rings. The predicted octanol–water partition coefficient (Wildman–Crippen LogP) is 3.64. The fourth-order valence-corrected chi connectivity index (χ4v) is 3.83. The lowest BCUT2D eigenvalue weighted by Crippen LogP contribution is -2.30. The summed E-state index contributed by atoms with van der Waals surface area (Å²) in [5, 5.41) is 3.41. The van der Waals surface area contributed by atoms with E-state index in [-0.39, 0.29) is 18.1 Å². The van der Waals surface area contributed by atoms with E-state index in [0.29, 0.717) is 0 Å². The van der Waals surface area contributed by atoms with Crippen LogP contribution in [-0.2, 0) is 4.79 Å². The molecule has 2 atom stereocenters. The normalized spacial score (nSPS) is 22.0. The second-order valence-electron chi connectivity index (χ2n) is 5.39. The maximum atomic E-state index is 12.2. The second kappa shape index (κ2) is 6.00. The molecule has 1 N–H and O–H groups in total. The molecule has 1 aromatic heterocycles. The zero-order chi connectivity index (χ0) is 14.8. The number of amides is 1. The Morgan fingerprint density at radius 2 is 1.95 bits per heavy atom. The van der Waals surface area contributed by atoms with Crippen LogP contribution < -0.4 is 5.32 Å². The van der Waals surface area contributed by atoms with E-state index in [0.717, 1.165) is 13.0 Å². The van der Waals surface area contributed by atoms with Crippen molar-refractivity contribution in [3.8, 4) is 10.4 Å². The molecule has 110 valence electrons. The maximum absolute atomic E-state index is 12.2. The molecule has 2 unspecified atom stereocenters. The molecule has 0 saturated carbocycles. The van der Waals surface area contributed by atoms with E-state index in [1.807, 2.05) is 17.9 Å². The van der Waals surface area contributed by atoms with Crippen LogP contribution in [0.25, 0.3) is 10.4 Å². The van der Waals surface area contributed by atoms with Gasteiger partial charge >= 0.3 is 0 Å². The summed E-state index contributed by atoms with van der Waals surface area (Å²) < 4.78 is 0. The van der Waals surface area contributed by atoms with Crippen LogP contribution >= 0.6 is 11.3 Å². The summed E-state index contributed by atoms with van der Waals surface area (Å²) in [6.45, 7) is 4.85. The van der Waals surface area contributed by atoms with E-state index >= 15 is 0 Å². The largest absolute Gasteiger partial charge is 0.321 e. The van der Waals surface area contributed by atoms with Gasteiger partial charge in [0.05, 0.1) is 6.04 Å². The standard InChI is InChI=1S/C17H20N2OS/c1-3-11-19-16(18-12(2)17(19)20)15-10-9-14(21-15)13-7-5-4-6-8-13/h4-10,12,16,18H,3,11H2,1-2H3. The summed E-state index contributed by atoms with van der Waals surface area (Å²) in [4.78, 5) is 16.6. The summed E-state index contributed by atoms with van der Waals surface area (Å²) in [6, 6.07) is 14.6. The van der Waals surface area contributed by atoms with Gasteiger partial charge in [-0.25, -0.2) is 0 Å². The van der Waals surface area contributed by atoms with Crippen LogP contribution in [0.1, 0.15) is 31.3 Å². The van der Waals surface area contributed by atoms with Crippen molar-refractivity contribution in [1.29, 1.82) is 0 Å². The first-order chi connectivity index (χ1) is 10.2. The Hall–Kier alpha value is -1.65. The minimum Gasteiger partial charge on any atom is -0.321 e. The third-order valence-corrected chi connectivity index (χ3v) is 4.98. The van der Waals surface area contributed by atoms with E-state index in [9.17, 15) is 4.79 Å². The van der Waals surface area contributed by atoms with Crippen molar-refractivity contribution in [3.63, 3.8) is 0 Å². The highest BCUT2D eigenvalue weighted by Gasteiger charge is 2.37. The summed E-state index contributed by atoms with van der Waals surface area (Å²) in [7, 11) is 0. The average Bonchev–Trinajstić information content (AvgIpc) is 3.09. The first-order valence-corrected chi connectivity index (χ1v) is 8.24. The van der Waals surface area contributed by atoms with Crippen LogP contribution in [0.5, 0.6) is 0 Å². The molecule has 0 bridgehead atoms. The van der Waals surface area contributed by atoms with Crippen molar-refractivity contribution in [2.45, 2.75) is 32.5 Å². The lowest BCUT2D eigenvalue weighted by atomic mass is 10.2. The van der Waals surface area contributed by atoms with Crippen LogP contribution in [0.4, 0.5) is 0 Å². The fourth-order valence-electron chi connectivity index (χ4n) is 2.75. The Morgan fingerprint density at radius 1 is 1.19 bits per heavy atom. The summed E-state index contributed by atoms with van der Waals surface area (Å²) >= 11 is 1.76. The number of hydrogen-bond donors (Lipinski definition) is 1. The minimum absolute atomic E-state index is 0.0231. The van der Waals surface area contributed by atoms with Crippen molar-refractivity contribution in [2.75, 3.05) is 6.54 Å². The van der Waals surface area contributed by atoms with Crippen molar-refractivity contribution < 1.29 is 4.79 Å². The molecule has 21 heavy (non-hydrogen) atoms. The number of thiophene rings is 1. The Kier molecular flexibility index (Phi) is 4.08. The smallest absolute Gasteiger partial charge is 0.241 e. The first kappa shape index (κ1) is 14.3. The van der Waals surface area contributed by atoms with Gasteiger partial charge in [-0.3, -0.25) is 10.1 Å². The van der Waals surface area contributed by atoms with Gasteiger partial charge in [0.2, 0.25) is 5.91 Å². The van der Waals surface area contributed by atoms with E-state index in [1.54, 1.807) is 11.3 Å². The summed E-state index contributed by atoms with van der Waals surface area (Å²) in [5.41, 5.74) is 1.23. The molecular weight excluding hydrogens is 280 g/mol. The van der Waals surface area contributed by atoms with Crippen LogP contribution in [-0.4, -0.2) is 23.4 Å². The average molecular weight is 300 g/mol. The van der Waals surface area contributed by atoms with Gasteiger partial charge in [0, 0.05) is 16.3 Å². The molecule has 0 aliphatic carbocycles. The molecule has 3 rings (SSSR count). The number of rotatable bonds is 4. The molecular formula is C17H20N2OS. The highest BCUT2D eigenvalue weighted by Crippen LogP contribution is 2.35. The number of hydrogen-bond acceptors (Lipinski definition) is 3. The van der Waals surface area contributed by atoms with E-state index < -0.39 is 0 Å². The van der Waals surface area contributed by atoms with Gasteiger partial charge in [0.1, 0.15) is 6.17 Å². The monoisotopic (exact) mass is 300 g/mol. The summed E-state index contributed by atoms with van der Waals surface area (Å²) in [5.74, 6) is 0.205. The third-order valence-electron chi connectivity index (χ3n) is 3.79. The minimum atomic E-state index is -0.0937. The molecule has 2 heterocycles. The Bertz CT molecular complexity index is 623. The summed E-state index contributed by atoms with van der Waals surface area (Å²) in [6.07, 6.45) is 1.00. The van der Waals surface area contributed by atoms with Gasteiger partial charge in [0.15, 0.2) is 0 Å². The van der Waals surface area contributed by atoms with E-state index in [2.05, 4.69) is 48.6 Å². The van der Waals surface area contributed by atoms with E-state index in [4.69, 9.17) is 0 Å². The zero-order valence-electron chi connectivity index (χ0n) is 12.4. The molecule has 4 heteroatoms. The molecule has 1 aromatic carbocycles. The molecule has 1 aliphatic heterocycles. The lowest BCUT2D eigenvalue weighted by molar-refractivity contribution is -0.129. The lowest BCUT2D eigenvalue weighted by Gasteiger charge is -2.22. The third kappa shape index (κ3) is 2.74. The Morgan fingerprint density at radius 3 is 2.67 bits per heavy atom. The highest BCUT2D eigenvalue weighted by molar-refractivity contribution is 7.15. The van der Waals surface area contributed by atoms with E-state index in [1.165, 1.54) is 15.3 Å². The number of carbonyl (C=O) groups excluding carboxylic acids is 1. The molecule has 2 aromatic rings. The number of carbonyl (C=O) groups is 1. The van der Waals surface area contributed by atoms with Crippen LogP contribution in [0.3, 0.4) is 0 Å². The Labute approximate surface area is 129 Å². The van der Waals surface area contributed by atoms with Crippen molar-refractivity contribution >= 4 is 17.2 Å². The fraction of sp³-hybridized carbons (Fsp3) is 0.353. The van der Waals surface area contributed by atoms with Gasteiger partial charge in [-0.2, -0.15) is 0 Å². The van der Waals surface area contributed by atoms with Gasteiger partial charge in [-0.05, 0) is 31.0 Å². The predicted molar refractivity (Wildman–Crippen MR) is 87.1 cm³/mol. The van der Waals surface area contributed by atoms with Crippen LogP contribution in [0.2, 0.25) is 0 Å². The quantitative estimate of drug-likeness (QED) is 0.935. The molecule has 0 radical (unpaired) electrons. The van der Waals surface area contributed by atoms with Gasteiger partial charge in [-0.15, -0.1) is 11.3 Å². The first-order valence-electron chi connectivity index (χ1n) is 7.42.